The Bertz CT molecular complexity index is 1200. The number of ether oxygens (including phenoxy) is 3. The molecule has 6 heteroatoms. The van der Waals surface area contributed by atoms with E-state index < -0.39 is 6.10 Å². The first kappa shape index (κ1) is 76.4. The molecule has 0 aliphatic rings. The molecule has 6 nitrogen and oxygen atoms in total. The highest BCUT2D eigenvalue weighted by Crippen LogP contribution is 2.20. The minimum absolute atomic E-state index is 0.0610. The van der Waals surface area contributed by atoms with E-state index in [9.17, 15) is 14.4 Å². The lowest BCUT2D eigenvalue weighted by molar-refractivity contribution is -0.167. The first-order valence-corrected chi connectivity index (χ1v) is 35.8. The lowest BCUT2D eigenvalue weighted by Crippen LogP contribution is -2.30. The van der Waals surface area contributed by atoms with Crippen molar-refractivity contribution in [2.75, 3.05) is 13.2 Å². The second-order valence-electron chi connectivity index (χ2n) is 25.4. The van der Waals surface area contributed by atoms with E-state index in [1.54, 1.807) is 0 Å². The average Bonchev–Trinajstić information content (AvgIpc) is 3.44. The van der Waals surface area contributed by atoms with Crippen molar-refractivity contribution in [3.63, 3.8) is 0 Å². The van der Waals surface area contributed by atoms with Crippen molar-refractivity contribution in [1.29, 1.82) is 0 Å². The van der Waals surface area contributed by atoms with Gasteiger partial charge in [0, 0.05) is 19.3 Å². The van der Waals surface area contributed by atoms with Crippen LogP contribution >= 0.6 is 0 Å². The Morgan fingerprint density at radius 1 is 0.256 bits per heavy atom. The van der Waals surface area contributed by atoms with Crippen LogP contribution < -0.4 is 0 Å². The zero-order valence-corrected chi connectivity index (χ0v) is 53.8. The van der Waals surface area contributed by atoms with Crippen molar-refractivity contribution >= 4 is 17.9 Å². The topological polar surface area (TPSA) is 78.9 Å². The summed E-state index contributed by atoms with van der Waals surface area (Å²) in [6.07, 6.45) is 73.9. The molecule has 0 aliphatic heterocycles. The molecule has 0 aromatic carbocycles. The molecule has 0 aromatic rings. The van der Waals surface area contributed by atoms with Gasteiger partial charge in [-0.2, -0.15) is 0 Å². The van der Waals surface area contributed by atoms with Crippen LogP contribution in [0.4, 0.5) is 0 Å². The van der Waals surface area contributed by atoms with Gasteiger partial charge in [-0.05, 0) is 31.1 Å². The maximum atomic E-state index is 13.0. The highest BCUT2D eigenvalue weighted by molar-refractivity contribution is 5.71. The Hall–Kier alpha value is -1.59. The smallest absolute Gasteiger partial charge is 0.306 e. The van der Waals surface area contributed by atoms with E-state index in [4.69, 9.17) is 14.2 Å². The number of unbranched alkanes of at least 4 members (excludes halogenated alkanes) is 49. The van der Waals surface area contributed by atoms with Gasteiger partial charge in [-0.25, -0.2) is 0 Å². The minimum Gasteiger partial charge on any atom is -0.462 e. The monoisotopic (exact) mass is 1100 g/mol. The first-order valence-electron chi connectivity index (χ1n) is 35.8. The zero-order chi connectivity index (χ0) is 56.7. The van der Waals surface area contributed by atoms with Crippen LogP contribution in [0.2, 0.25) is 0 Å². The molecule has 0 radical (unpaired) electrons. The van der Waals surface area contributed by atoms with Gasteiger partial charge in [-0.1, -0.05) is 375 Å². The van der Waals surface area contributed by atoms with Gasteiger partial charge in [0.15, 0.2) is 6.10 Å². The van der Waals surface area contributed by atoms with Crippen LogP contribution in [-0.4, -0.2) is 37.2 Å². The molecule has 0 N–H and O–H groups in total. The number of carbonyl (C=O) groups excluding carboxylic acids is 3. The third kappa shape index (κ3) is 62.0. The van der Waals surface area contributed by atoms with Crippen LogP contribution in [0.5, 0.6) is 0 Å². The molecule has 78 heavy (non-hydrogen) atoms. The van der Waals surface area contributed by atoms with E-state index in [1.165, 1.54) is 302 Å². The summed E-state index contributed by atoms with van der Waals surface area (Å²) in [7, 11) is 0. The van der Waals surface area contributed by atoms with Crippen molar-refractivity contribution in [1.82, 2.24) is 0 Å². The van der Waals surface area contributed by atoms with Crippen molar-refractivity contribution < 1.29 is 28.6 Å². The van der Waals surface area contributed by atoms with Crippen molar-refractivity contribution in [2.24, 2.45) is 11.8 Å². The van der Waals surface area contributed by atoms with Crippen LogP contribution in [0.25, 0.3) is 0 Å². The third-order valence-corrected chi connectivity index (χ3v) is 17.4. The first-order chi connectivity index (χ1) is 38.3. The molecule has 0 aromatic heterocycles. The van der Waals surface area contributed by atoms with Crippen LogP contribution in [0, 0.1) is 11.8 Å². The molecule has 3 atom stereocenters. The van der Waals surface area contributed by atoms with Gasteiger partial charge >= 0.3 is 17.9 Å². The Kier molecular flexibility index (Phi) is 63.3. The van der Waals surface area contributed by atoms with Gasteiger partial charge in [0.1, 0.15) is 13.2 Å². The highest BCUT2D eigenvalue weighted by atomic mass is 16.6. The molecule has 0 aliphatic carbocycles. The van der Waals surface area contributed by atoms with E-state index in [-0.39, 0.29) is 31.1 Å². The molecule has 464 valence electrons. The molecule has 0 fully saturated rings. The fraction of sp³-hybridized carbons (Fsp3) is 0.958. The summed E-state index contributed by atoms with van der Waals surface area (Å²) in [5, 5.41) is 0. The molecule has 2 unspecified atom stereocenters. The number of hydrogen-bond donors (Lipinski definition) is 0. The Morgan fingerprint density at radius 3 is 0.667 bits per heavy atom. The van der Waals surface area contributed by atoms with Gasteiger partial charge in [-0.15, -0.1) is 0 Å². The van der Waals surface area contributed by atoms with E-state index in [0.29, 0.717) is 19.3 Å². The number of esters is 3. The van der Waals surface area contributed by atoms with E-state index in [2.05, 4.69) is 34.6 Å². The van der Waals surface area contributed by atoms with Gasteiger partial charge in [0.25, 0.3) is 0 Å². The fourth-order valence-corrected chi connectivity index (χ4v) is 11.3. The predicted octanol–water partition coefficient (Wildman–Crippen LogP) is 24.3. The Morgan fingerprint density at radius 2 is 0.449 bits per heavy atom. The Labute approximate surface area is 488 Å². The molecule has 0 spiro atoms. The molecule has 0 saturated heterocycles. The summed E-state index contributed by atoms with van der Waals surface area (Å²) in [6, 6.07) is 0. The van der Waals surface area contributed by atoms with Gasteiger partial charge < -0.3 is 14.2 Å². The minimum atomic E-state index is -0.765. The highest BCUT2D eigenvalue weighted by Gasteiger charge is 2.20. The number of hydrogen-bond acceptors (Lipinski definition) is 6. The second-order valence-corrected chi connectivity index (χ2v) is 25.4. The average molecular weight is 1100 g/mol. The number of rotatable bonds is 66. The summed E-state index contributed by atoms with van der Waals surface area (Å²) in [5.74, 6) is 0.997. The molecular weight excluding hydrogens is 961 g/mol. The Balaban J connectivity index is 4.26. The lowest BCUT2D eigenvalue weighted by atomic mass is 9.99. The lowest BCUT2D eigenvalue weighted by Gasteiger charge is -2.18. The quantitative estimate of drug-likeness (QED) is 0.0343. The summed E-state index contributed by atoms with van der Waals surface area (Å²) < 4.78 is 17.0. The van der Waals surface area contributed by atoms with Gasteiger partial charge in [0.05, 0.1) is 0 Å². The zero-order valence-electron chi connectivity index (χ0n) is 53.8. The third-order valence-electron chi connectivity index (χ3n) is 17.4. The van der Waals surface area contributed by atoms with Gasteiger partial charge in [0.2, 0.25) is 0 Å². The SMILES string of the molecule is CCCCCCCCCCCCCCCCCCC(=O)OC[C@H](COC(=O)CCCCCCCCCCCCCCCCCCCCC(C)CC)OC(=O)CCCCCCCCCCCCCCCCCCCCC(C)CC. The predicted molar refractivity (Wildman–Crippen MR) is 340 cm³/mol. The molecule has 0 heterocycles. The summed E-state index contributed by atoms with van der Waals surface area (Å²) in [5.41, 5.74) is 0. The number of carbonyl (C=O) groups is 3. The molecule has 0 saturated carbocycles. The van der Waals surface area contributed by atoms with Crippen LogP contribution in [-0.2, 0) is 28.6 Å². The largest absolute Gasteiger partial charge is 0.462 e. The summed E-state index contributed by atoms with van der Waals surface area (Å²) >= 11 is 0. The van der Waals surface area contributed by atoms with Crippen molar-refractivity contribution in [3.8, 4) is 0 Å². The van der Waals surface area contributed by atoms with Crippen LogP contribution in [0.3, 0.4) is 0 Å². The van der Waals surface area contributed by atoms with Gasteiger partial charge in [-0.3, -0.25) is 14.4 Å². The van der Waals surface area contributed by atoms with E-state index in [0.717, 1.165) is 69.6 Å². The molecular formula is C72H140O6. The fourth-order valence-electron chi connectivity index (χ4n) is 11.3. The molecule has 0 amide bonds. The maximum absolute atomic E-state index is 13.0. The van der Waals surface area contributed by atoms with Crippen molar-refractivity contribution in [3.05, 3.63) is 0 Å². The second kappa shape index (κ2) is 64.6. The summed E-state index contributed by atoms with van der Waals surface area (Å²) in [4.78, 5) is 38.5. The maximum Gasteiger partial charge on any atom is 0.306 e. The standard InChI is InChI=1S/C72H140O6/c1-6-9-10-11-12-13-14-15-16-27-32-37-42-47-52-57-62-70(73)76-65-69(78-72(75)64-59-54-49-44-39-34-29-24-20-18-22-26-31-36-41-46-51-56-61-68(5)8-3)66-77-71(74)63-58-53-48-43-38-33-28-23-19-17-21-25-30-35-40-45-50-55-60-67(4)7-2/h67-69H,6-66H2,1-5H3/t67?,68?,69-/m1/s1. The molecule has 0 rings (SSSR count). The van der Waals surface area contributed by atoms with Crippen LogP contribution in [0.1, 0.15) is 413 Å². The van der Waals surface area contributed by atoms with E-state index >= 15 is 0 Å². The van der Waals surface area contributed by atoms with E-state index in [1.807, 2.05) is 0 Å². The summed E-state index contributed by atoms with van der Waals surface area (Å²) in [6.45, 7) is 11.6. The van der Waals surface area contributed by atoms with Crippen molar-refractivity contribution in [2.45, 2.75) is 420 Å². The van der Waals surface area contributed by atoms with Crippen LogP contribution in [0.15, 0.2) is 0 Å². The normalized spacial score (nSPS) is 12.7. The molecule has 0 bridgehead atoms.